The Hall–Kier alpha value is -2.46. The topological polar surface area (TPSA) is 122 Å². The fourth-order valence-electron chi connectivity index (χ4n) is 2.81. The summed E-state index contributed by atoms with van der Waals surface area (Å²) >= 11 is 0. The van der Waals surface area contributed by atoms with Gasteiger partial charge in [-0.15, -0.1) is 0 Å². The van der Waals surface area contributed by atoms with Crippen molar-refractivity contribution in [2.24, 2.45) is 0 Å². The van der Waals surface area contributed by atoms with E-state index in [0.29, 0.717) is 25.2 Å². The molecule has 1 saturated heterocycles. The minimum atomic E-state index is -3.69. The molecule has 0 spiro atoms. The summed E-state index contributed by atoms with van der Waals surface area (Å²) in [5.74, 6) is -1.62. The van der Waals surface area contributed by atoms with Crippen molar-refractivity contribution in [1.82, 2.24) is 14.9 Å². The van der Waals surface area contributed by atoms with Crippen LogP contribution in [0.4, 0.5) is 4.79 Å². The van der Waals surface area contributed by atoms with Gasteiger partial charge in [0, 0.05) is 19.6 Å². The molecule has 28 heavy (non-hydrogen) atoms. The van der Waals surface area contributed by atoms with Crippen LogP contribution in [0.3, 0.4) is 0 Å². The first kappa shape index (κ1) is 21.8. The number of nitrogens with one attached hydrogen (secondary N) is 2. The van der Waals surface area contributed by atoms with Gasteiger partial charge in [0.15, 0.2) is 6.61 Å². The van der Waals surface area contributed by atoms with Gasteiger partial charge in [0.2, 0.25) is 10.0 Å². The SMILES string of the molecule is CCNC(=O)NC(=O)COC(=O)c1cc(S(=O)(=O)N2CCCCC2)ccc1C. The standard InChI is InChI=1S/C18H25N3O6S/c1-3-19-18(24)20-16(22)12-27-17(23)15-11-14(8-7-13(15)2)28(25,26)21-9-5-4-6-10-21/h7-8,11H,3-6,9-10,12H2,1-2H3,(H2,19,20,22,24). The number of nitrogens with zero attached hydrogens (tertiary/aromatic N) is 1. The van der Waals surface area contributed by atoms with Crippen LogP contribution in [-0.2, 0) is 19.6 Å². The average Bonchev–Trinajstić information content (AvgIpc) is 2.67. The maximum Gasteiger partial charge on any atom is 0.338 e. The first-order valence-corrected chi connectivity index (χ1v) is 10.5. The number of hydrogen-bond acceptors (Lipinski definition) is 6. The van der Waals surface area contributed by atoms with Crippen LogP contribution < -0.4 is 10.6 Å². The van der Waals surface area contributed by atoms with Crippen LogP contribution in [-0.4, -0.2) is 56.9 Å². The van der Waals surface area contributed by atoms with E-state index < -0.39 is 34.5 Å². The normalized spacial score (nSPS) is 14.9. The van der Waals surface area contributed by atoms with Crippen molar-refractivity contribution in [3.8, 4) is 0 Å². The van der Waals surface area contributed by atoms with Crippen molar-refractivity contribution in [3.05, 3.63) is 29.3 Å². The number of benzene rings is 1. The zero-order valence-corrected chi connectivity index (χ0v) is 16.8. The highest BCUT2D eigenvalue weighted by molar-refractivity contribution is 7.89. The summed E-state index contributed by atoms with van der Waals surface area (Å²) in [5, 5.41) is 4.39. The predicted octanol–water partition coefficient (Wildman–Crippen LogP) is 1.17. The van der Waals surface area contributed by atoms with E-state index in [0.717, 1.165) is 19.3 Å². The number of ether oxygens (including phenoxy) is 1. The number of urea groups is 1. The zero-order chi connectivity index (χ0) is 20.7. The van der Waals surface area contributed by atoms with E-state index in [-0.39, 0.29) is 10.5 Å². The van der Waals surface area contributed by atoms with Gasteiger partial charge in [-0.1, -0.05) is 12.5 Å². The highest BCUT2D eigenvalue weighted by atomic mass is 32.2. The lowest BCUT2D eigenvalue weighted by molar-refractivity contribution is -0.123. The largest absolute Gasteiger partial charge is 0.452 e. The summed E-state index contributed by atoms with van der Waals surface area (Å²) in [5.41, 5.74) is 0.579. The van der Waals surface area contributed by atoms with Gasteiger partial charge >= 0.3 is 12.0 Å². The smallest absolute Gasteiger partial charge is 0.338 e. The Kier molecular flexibility index (Phi) is 7.53. The van der Waals surface area contributed by atoms with Crippen molar-refractivity contribution >= 4 is 27.9 Å². The summed E-state index contributed by atoms with van der Waals surface area (Å²) in [6.07, 6.45) is 2.61. The lowest BCUT2D eigenvalue weighted by Crippen LogP contribution is -2.41. The number of carbonyl (C=O) groups excluding carboxylic acids is 3. The quantitative estimate of drug-likeness (QED) is 0.678. The Morgan fingerprint density at radius 3 is 2.46 bits per heavy atom. The lowest BCUT2D eigenvalue weighted by Gasteiger charge is -2.26. The summed E-state index contributed by atoms with van der Waals surface area (Å²) in [4.78, 5) is 35.2. The molecule has 1 fully saturated rings. The molecule has 10 heteroatoms. The van der Waals surface area contributed by atoms with Crippen LogP contribution in [0.1, 0.15) is 42.1 Å². The van der Waals surface area contributed by atoms with E-state index in [2.05, 4.69) is 5.32 Å². The second-order valence-corrected chi connectivity index (χ2v) is 8.36. The fraction of sp³-hybridized carbons (Fsp3) is 0.500. The molecular formula is C18H25N3O6S. The minimum absolute atomic E-state index is 0.0127. The number of imide groups is 1. The van der Waals surface area contributed by atoms with Crippen molar-refractivity contribution in [2.75, 3.05) is 26.2 Å². The van der Waals surface area contributed by atoms with Crippen LogP contribution in [0.25, 0.3) is 0 Å². The Morgan fingerprint density at radius 2 is 1.82 bits per heavy atom. The molecule has 0 aliphatic carbocycles. The van der Waals surface area contributed by atoms with Crippen molar-refractivity contribution in [1.29, 1.82) is 0 Å². The summed E-state index contributed by atoms with van der Waals surface area (Å²) in [6, 6.07) is 3.57. The third-order valence-corrected chi connectivity index (χ3v) is 6.20. The molecule has 0 bridgehead atoms. The molecule has 1 aliphatic heterocycles. The first-order chi connectivity index (χ1) is 13.3. The predicted molar refractivity (Wildman–Crippen MR) is 101 cm³/mol. The molecule has 0 aromatic heterocycles. The average molecular weight is 411 g/mol. The molecule has 1 aromatic carbocycles. The molecule has 9 nitrogen and oxygen atoms in total. The van der Waals surface area contributed by atoms with E-state index in [1.807, 2.05) is 5.32 Å². The van der Waals surface area contributed by atoms with Crippen LogP contribution in [0.15, 0.2) is 23.1 Å². The van der Waals surface area contributed by atoms with Crippen molar-refractivity contribution in [2.45, 2.75) is 38.0 Å². The molecule has 1 aliphatic rings. The second kappa shape index (κ2) is 9.65. The van der Waals surface area contributed by atoms with Gasteiger partial charge in [-0.2, -0.15) is 4.31 Å². The van der Waals surface area contributed by atoms with Crippen LogP contribution >= 0.6 is 0 Å². The minimum Gasteiger partial charge on any atom is -0.452 e. The molecule has 1 aromatic rings. The molecule has 0 unspecified atom stereocenters. The third-order valence-electron chi connectivity index (χ3n) is 4.31. The van der Waals surface area contributed by atoms with Gasteiger partial charge < -0.3 is 10.1 Å². The zero-order valence-electron chi connectivity index (χ0n) is 16.0. The maximum absolute atomic E-state index is 12.8. The van der Waals surface area contributed by atoms with E-state index in [9.17, 15) is 22.8 Å². The van der Waals surface area contributed by atoms with E-state index >= 15 is 0 Å². The van der Waals surface area contributed by atoms with Gasteiger partial charge in [-0.25, -0.2) is 18.0 Å². The lowest BCUT2D eigenvalue weighted by atomic mass is 10.1. The number of rotatable bonds is 6. The van der Waals surface area contributed by atoms with Gasteiger partial charge in [0.05, 0.1) is 10.5 Å². The number of sulfonamides is 1. The fourth-order valence-corrected chi connectivity index (χ4v) is 4.36. The molecule has 154 valence electrons. The second-order valence-electron chi connectivity index (χ2n) is 6.43. The maximum atomic E-state index is 12.8. The van der Waals surface area contributed by atoms with Crippen LogP contribution in [0.2, 0.25) is 0 Å². The summed E-state index contributed by atoms with van der Waals surface area (Å²) in [7, 11) is -3.69. The Bertz CT molecular complexity index is 847. The molecule has 3 amide bonds. The van der Waals surface area contributed by atoms with Gasteiger partial charge in [-0.05, 0) is 44.4 Å². The Balaban J connectivity index is 2.09. The van der Waals surface area contributed by atoms with E-state index in [1.54, 1.807) is 13.8 Å². The highest BCUT2D eigenvalue weighted by Crippen LogP contribution is 2.23. The first-order valence-electron chi connectivity index (χ1n) is 9.11. The number of hydrogen-bond donors (Lipinski definition) is 2. The van der Waals surface area contributed by atoms with Crippen molar-refractivity contribution < 1.29 is 27.5 Å². The van der Waals surface area contributed by atoms with Gasteiger partial charge in [0.25, 0.3) is 5.91 Å². The highest BCUT2D eigenvalue weighted by Gasteiger charge is 2.27. The molecular weight excluding hydrogens is 386 g/mol. The van der Waals surface area contributed by atoms with E-state index in [4.69, 9.17) is 4.74 Å². The van der Waals surface area contributed by atoms with Crippen LogP contribution in [0, 0.1) is 6.92 Å². The number of carbonyl (C=O) groups is 3. The molecule has 0 atom stereocenters. The molecule has 2 rings (SSSR count). The third kappa shape index (κ3) is 5.52. The van der Waals surface area contributed by atoms with Crippen LogP contribution in [0.5, 0.6) is 0 Å². The van der Waals surface area contributed by atoms with Gasteiger partial charge in [0.1, 0.15) is 0 Å². The number of piperidine rings is 1. The molecule has 2 N–H and O–H groups in total. The molecule has 0 saturated carbocycles. The summed E-state index contributed by atoms with van der Waals surface area (Å²) in [6.45, 7) is 3.93. The van der Waals surface area contributed by atoms with Crippen molar-refractivity contribution in [3.63, 3.8) is 0 Å². The van der Waals surface area contributed by atoms with E-state index in [1.165, 1.54) is 22.5 Å². The Morgan fingerprint density at radius 1 is 1.14 bits per heavy atom. The molecule has 0 radical (unpaired) electrons. The molecule has 1 heterocycles. The number of esters is 1. The van der Waals surface area contributed by atoms with Gasteiger partial charge in [-0.3, -0.25) is 10.1 Å². The number of aryl methyl sites for hydroxylation is 1. The monoisotopic (exact) mass is 411 g/mol. The summed E-state index contributed by atoms with van der Waals surface area (Å²) < 4.78 is 31.9. The number of amides is 3. The Labute approximate surface area is 164 Å².